The van der Waals surface area contributed by atoms with Gasteiger partial charge in [0, 0.05) is 13.1 Å². The van der Waals surface area contributed by atoms with E-state index in [9.17, 15) is 0 Å². The lowest BCUT2D eigenvalue weighted by Crippen LogP contribution is -2.22. The number of ether oxygens (including phenoxy) is 1. The van der Waals surface area contributed by atoms with Gasteiger partial charge in [-0.1, -0.05) is 30.3 Å². The zero-order valence-electron chi connectivity index (χ0n) is 8.48. The Balaban J connectivity index is 1.67. The highest BCUT2D eigenvalue weighted by Crippen LogP contribution is 2.07. The Hall–Kier alpha value is -0.860. The van der Waals surface area contributed by atoms with Crippen molar-refractivity contribution >= 4 is 0 Å². The zero-order valence-corrected chi connectivity index (χ0v) is 8.48. The highest BCUT2D eigenvalue weighted by atomic mass is 16.5. The van der Waals surface area contributed by atoms with Crippen LogP contribution in [0.2, 0.25) is 0 Å². The molecular weight excluding hydrogens is 174 g/mol. The Morgan fingerprint density at radius 3 is 2.50 bits per heavy atom. The quantitative estimate of drug-likeness (QED) is 0.723. The van der Waals surface area contributed by atoms with E-state index in [4.69, 9.17) is 4.74 Å². The highest BCUT2D eigenvalue weighted by molar-refractivity contribution is 5.13. The maximum atomic E-state index is 5.63. The Morgan fingerprint density at radius 2 is 1.79 bits per heavy atom. The van der Waals surface area contributed by atoms with E-state index in [1.165, 1.54) is 31.5 Å². The van der Waals surface area contributed by atoms with E-state index >= 15 is 0 Å². The van der Waals surface area contributed by atoms with Gasteiger partial charge in [0.2, 0.25) is 0 Å². The Bertz CT molecular complexity index is 254. The molecule has 0 radical (unpaired) electrons. The van der Waals surface area contributed by atoms with Gasteiger partial charge in [0.1, 0.15) is 0 Å². The number of benzene rings is 1. The summed E-state index contributed by atoms with van der Waals surface area (Å²) in [6, 6.07) is 10.3. The van der Waals surface area contributed by atoms with Crippen molar-refractivity contribution in [2.24, 2.45) is 0 Å². The van der Waals surface area contributed by atoms with Gasteiger partial charge in [-0.25, -0.2) is 0 Å². The molecule has 0 spiro atoms. The molecule has 76 valence electrons. The van der Waals surface area contributed by atoms with Crippen LogP contribution in [0.25, 0.3) is 0 Å². The number of hydrogen-bond donors (Lipinski definition) is 0. The summed E-state index contributed by atoms with van der Waals surface area (Å²) in [7, 11) is 0. The molecule has 1 aliphatic heterocycles. The molecule has 0 aliphatic carbocycles. The molecule has 2 nitrogen and oxygen atoms in total. The molecule has 1 heterocycles. The second-order valence-electron chi connectivity index (χ2n) is 3.79. The van der Waals surface area contributed by atoms with Crippen LogP contribution < -0.4 is 0 Å². The van der Waals surface area contributed by atoms with Crippen molar-refractivity contribution in [1.29, 1.82) is 0 Å². The van der Waals surface area contributed by atoms with Crippen molar-refractivity contribution in [3.63, 3.8) is 0 Å². The molecule has 0 bridgehead atoms. The molecule has 1 fully saturated rings. The summed E-state index contributed by atoms with van der Waals surface area (Å²) in [6.45, 7) is 3.93. The summed E-state index contributed by atoms with van der Waals surface area (Å²) in [4.78, 5) is 2.36. The van der Waals surface area contributed by atoms with E-state index in [0.717, 1.165) is 13.3 Å². The number of likely N-dealkylation sites (tertiary alicyclic amines) is 1. The van der Waals surface area contributed by atoms with Gasteiger partial charge in [-0.15, -0.1) is 0 Å². The topological polar surface area (TPSA) is 12.5 Å². The third kappa shape index (κ3) is 2.82. The summed E-state index contributed by atoms with van der Waals surface area (Å²) >= 11 is 0. The molecule has 14 heavy (non-hydrogen) atoms. The standard InChI is InChI=1S/C12H17NO/c1-2-6-12(7-3-1)10-14-11-13-8-4-5-9-13/h1-3,6-7H,4-5,8-11H2. The maximum absolute atomic E-state index is 5.63. The van der Waals surface area contributed by atoms with Crippen LogP contribution in [-0.4, -0.2) is 24.7 Å². The van der Waals surface area contributed by atoms with Crippen molar-refractivity contribution < 1.29 is 4.74 Å². The molecule has 0 atom stereocenters. The lowest BCUT2D eigenvalue weighted by Gasteiger charge is -2.14. The number of nitrogens with zero attached hydrogens (tertiary/aromatic N) is 1. The van der Waals surface area contributed by atoms with E-state index in [1.807, 2.05) is 6.07 Å². The van der Waals surface area contributed by atoms with Crippen LogP contribution in [0.4, 0.5) is 0 Å². The molecule has 0 amide bonds. The third-order valence-corrected chi connectivity index (χ3v) is 2.58. The number of hydrogen-bond acceptors (Lipinski definition) is 2. The highest BCUT2D eigenvalue weighted by Gasteiger charge is 2.10. The van der Waals surface area contributed by atoms with Crippen LogP contribution in [0.1, 0.15) is 18.4 Å². The fraction of sp³-hybridized carbons (Fsp3) is 0.500. The monoisotopic (exact) mass is 191 g/mol. The Labute approximate surface area is 85.5 Å². The molecule has 1 aromatic carbocycles. The lowest BCUT2D eigenvalue weighted by atomic mass is 10.2. The van der Waals surface area contributed by atoms with Crippen LogP contribution in [0, 0.1) is 0 Å². The predicted octanol–water partition coefficient (Wildman–Crippen LogP) is 2.26. The van der Waals surface area contributed by atoms with Crippen LogP contribution >= 0.6 is 0 Å². The summed E-state index contributed by atoms with van der Waals surface area (Å²) < 4.78 is 5.63. The van der Waals surface area contributed by atoms with Gasteiger partial charge in [0.15, 0.2) is 0 Å². The van der Waals surface area contributed by atoms with E-state index < -0.39 is 0 Å². The van der Waals surface area contributed by atoms with Crippen molar-refractivity contribution in [1.82, 2.24) is 4.90 Å². The van der Waals surface area contributed by atoms with Gasteiger partial charge in [0.25, 0.3) is 0 Å². The molecule has 0 saturated carbocycles. The first-order chi connectivity index (χ1) is 6.95. The molecule has 2 rings (SSSR count). The van der Waals surface area contributed by atoms with Gasteiger partial charge in [-0.3, -0.25) is 4.90 Å². The van der Waals surface area contributed by atoms with Crippen molar-refractivity contribution in [2.75, 3.05) is 19.8 Å². The fourth-order valence-electron chi connectivity index (χ4n) is 1.78. The third-order valence-electron chi connectivity index (χ3n) is 2.58. The fourth-order valence-corrected chi connectivity index (χ4v) is 1.78. The minimum Gasteiger partial charge on any atom is -0.361 e. The first kappa shape index (κ1) is 9.69. The molecule has 1 aliphatic rings. The zero-order chi connectivity index (χ0) is 9.64. The molecule has 1 saturated heterocycles. The predicted molar refractivity (Wildman–Crippen MR) is 56.9 cm³/mol. The first-order valence-electron chi connectivity index (χ1n) is 5.29. The first-order valence-corrected chi connectivity index (χ1v) is 5.29. The van der Waals surface area contributed by atoms with Crippen molar-refractivity contribution in [2.45, 2.75) is 19.4 Å². The molecule has 2 heteroatoms. The second-order valence-corrected chi connectivity index (χ2v) is 3.79. The summed E-state index contributed by atoms with van der Waals surface area (Å²) in [5, 5.41) is 0. The van der Waals surface area contributed by atoms with Gasteiger partial charge >= 0.3 is 0 Å². The van der Waals surface area contributed by atoms with E-state index in [-0.39, 0.29) is 0 Å². The normalized spacial score (nSPS) is 17.4. The van der Waals surface area contributed by atoms with Gasteiger partial charge < -0.3 is 4.74 Å². The second kappa shape index (κ2) is 5.13. The van der Waals surface area contributed by atoms with E-state index in [0.29, 0.717) is 0 Å². The van der Waals surface area contributed by atoms with Crippen LogP contribution in [-0.2, 0) is 11.3 Å². The lowest BCUT2D eigenvalue weighted by molar-refractivity contribution is 0.0312. The van der Waals surface area contributed by atoms with Crippen LogP contribution in [0.5, 0.6) is 0 Å². The van der Waals surface area contributed by atoms with Crippen molar-refractivity contribution in [3.8, 4) is 0 Å². The van der Waals surface area contributed by atoms with Gasteiger partial charge in [-0.2, -0.15) is 0 Å². The molecule has 0 N–H and O–H groups in total. The maximum Gasteiger partial charge on any atom is 0.0994 e. The molecular formula is C12H17NO. The molecule has 0 aromatic heterocycles. The largest absolute Gasteiger partial charge is 0.361 e. The summed E-state index contributed by atoms with van der Waals surface area (Å²) in [5.41, 5.74) is 1.26. The number of rotatable bonds is 4. The SMILES string of the molecule is c1ccc(COCN2CCCC2)cc1. The Kier molecular flexibility index (Phi) is 3.55. The smallest absolute Gasteiger partial charge is 0.0994 e. The Morgan fingerprint density at radius 1 is 1.07 bits per heavy atom. The molecule has 0 unspecified atom stereocenters. The van der Waals surface area contributed by atoms with Crippen LogP contribution in [0.3, 0.4) is 0 Å². The molecule has 1 aromatic rings. The van der Waals surface area contributed by atoms with Crippen LogP contribution in [0.15, 0.2) is 30.3 Å². The summed E-state index contributed by atoms with van der Waals surface area (Å²) in [5.74, 6) is 0. The summed E-state index contributed by atoms with van der Waals surface area (Å²) in [6.07, 6.45) is 2.66. The van der Waals surface area contributed by atoms with E-state index in [1.54, 1.807) is 0 Å². The van der Waals surface area contributed by atoms with Gasteiger partial charge in [0.05, 0.1) is 13.3 Å². The van der Waals surface area contributed by atoms with Crippen molar-refractivity contribution in [3.05, 3.63) is 35.9 Å². The minimum absolute atomic E-state index is 0.733. The minimum atomic E-state index is 0.733. The average Bonchev–Trinajstić information content (AvgIpc) is 2.72. The van der Waals surface area contributed by atoms with Gasteiger partial charge in [-0.05, 0) is 18.4 Å². The van der Waals surface area contributed by atoms with E-state index in [2.05, 4.69) is 29.2 Å². The average molecular weight is 191 g/mol.